The number of nitro groups is 1. The van der Waals surface area contributed by atoms with E-state index < -0.39 is 0 Å². The number of rotatable bonds is 4. The van der Waals surface area contributed by atoms with Crippen molar-refractivity contribution in [3.05, 3.63) is 39.9 Å². The Morgan fingerprint density at radius 1 is 1.58 bits per heavy atom. The Balaban J connectivity index is 2.06. The second kappa shape index (κ2) is 6.10. The van der Waals surface area contributed by atoms with Gasteiger partial charge in [0, 0.05) is 31.3 Å². The second-order valence-electron chi connectivity index (χ2n) is 4.84. The standard InChI is InChI=1S/C13H18N2O4/c1-10-9-19-13(8-16)7-14(10)6-11-3-2-4-12(5-11)15(17)18/h2-5,10,13,16H,6-9H2,1H3. The van der Waals surface area contributed by atoms with Crippen LogP contribution in [0.3, 0.4) is 0 Å². The maximum Gasteiger partial charge on any atom is 0.269 e. The van der Waals surface area contributed by atoms with Crippen LogP contribution in [0.2, 0.25) is 0 Å². The van der Waals surface area contributed by atoms with Gasteiger partial charge in [0.05, 0.1) is 24.2 Å². The molecule has 0 amide bonds. The Kier molecular flexibility index (Phi) is 4.47. The fraction of sp³-hybridized carbons (Fsp3) is 0.538. The lowest BCUT2D eigenvalue weighted by atomic mass is 10.1. The van der Waals surface area contributed by atoms with Gasteiger partial charge in [-0.2, -0.15) is 0 Å². The molecule has 1 aliphatic heterocycles. The molecule has 1 aromatic rings. The summed E-state index contributed by atoms with van der Waals surface area (Å²) in [4.78, 5) is 12.5. The van der Waals surface area contributed by atoms with Gasteiger partial charge in [-0.3, -0.25) is 15.0 Å². The Morgan fingerprint density at radius 3 is 3.05 bits per heavy atom. The van der Waals surface area contributed by atoms with E-state index in [0.29, 0.717) is 19.7 Å². The van der Waals surface area contributed by atoms with Crippen LogP contribution in [-0.2, 0) is 11.3 Å². The monoisotopic (exact) mass is 266 g/mol. The summed E-state index contributed by atoms with van der Waals surface area (Å²) < 4.78 is 5.47. The Bertz CT molecular complexity index is 452. The van der Waals surface area contributed by atoms with Crippen molar-refractivity contribution in [2.45, 2.75) is 25.6 Å². The first-order chi connectivity index (χ1) is 9.10. The largest absolute Gasteiger partial charge is 0.394 e. The summed E-state index contributed by atoms with van der Waals surface area (Å²) in [5, 5.41) is 19.9. The average molecular weight is 266 g/mol. The molecule has 1 fully saturated rings. The van der Waals surface area contributed by atoms with Crippen LogP contribution < -0.4 is 0 Å². The zero-order valence-corrected chi connectivity index (χ0v) is 10.9. The van der Waals surface area contributed by atoms with Crippen molar-refractivity contribution in [3.8, 4) is 0 Å². The molecule has 6 nitrogen and oxygen atoms in total. The minimum Gasteiger partial charge on any atom is -0.394 e. The van der Waals surface area contributed by atoms with Crippen LogP contribution in [0.1, 0.15) is 12.5 Å². The number of nitro benzene ring substituents is 1. The number of aliphatic hydroxyl groups excluding tert-OH is 1. The molecule has 0 aliphatic carbocycles. The van der Waals surface area contributed by atoms with E-state index in [1.165, 1.54) is 6.07 Å². The smallest absolute Gasteiger partial charge is 0.269 e. The zero-order valence-electron chi connectivity index (χ0n) is 10.9. The molecule has 2 atom stereocenters. The average Bonchev–Trinajstić information content (AvgIpc) is 2.41. The van der Waals surface area contributed by atoms with Crippen molar-refractivity contribution in [1.29, 1.82) is 0 Å². The van der Waals surface area contributed by atoms with Crippen molar-refractivity contribution < 1.29 is 14.8 Å². The lowest BCUT2D eigenvalue weighted by molar-refractivity contribution is -0.384. The fourth-order valence-corrected chi connectivity index (χ4v) is 2.21. The molecule has 1 N–H and O–H groups in total. The number of aliphatic hydroxyl groups is 1. The summed E-state index contributed by atoms with van der Waals surface area (Å²) in [6.45, 7) is 3.88. The van der Waals surface area contributed by atoms with Crippen molar-refractivity contribution >= 4 is 5.69 Å². The molecular weight excluding hydrogens is 248 g/mol. The van der Waals surface area contributed by atoms with Crippen molar-refractivity contribution in [2.24, 2.45) is 0 Å². The van der Waals surface area contributed by atoms with Gasteiger partial charge in [0.25, 0.3) is 5.69 Å². The van der Waals surface area contributed by atoms with Gasteiger partial charge in [-0.15, -0.1) is 0 Å². The van der Waals surface area contributed by atoms with E-state index in [1.807, 2.05) is 13.0 Å². The second-order valence-corrected chi connectivity index (χ2v) is 4.84. The van der Waals surface area contributed by atoms with Crippen molar-refractivity contribution in [1.82, 2.24) is 4.90 Å². The highest BCUT2D eigenvalue weighted by atomic mass is 16.6. The molecular formula is C13H18N2O4. The lowest BCUT2D eigenvalue weighted by Gasteiger charge is -2.37. The molecule has 0 spiro atoms. The molecule has 104 valence electrons. The fourth-order valence-electron chi connectivity index (χ4n) is 2.21. The zero-order chi connectivity index (χ0) is 13.8. The Morgan fingerprint density at radius 2 is 2.37 bits per heavy atom. The number of hydrogen-bond acceptors (Lipinski definition) is 5. The molecule has 1 saturated heterocycles. The number of hydrogen-bond donors (Lipinski definition) is 1. The SMILES string of the molecule is CC1COC(CO)CN1Cc1cccc([N+](=O)[O-])c1. The topological polar surface area (TPSA) is 75.8 Å². The maximum absolute atomic E-state index is 10.7. The number of ether oxygens (including phenoxy) is 1. The van der Waals surface area contributed by atoms with Crippen LogP contribution in [0, 0.1) is 10.1 Å². The van der Waals surface area contributed by atoms with E-state index in [9.17, 15) is 10.1 Å². The molecule has 0 aromatic heterocycles. The van der Waals surface area contributed by atoms with Gasteiger partial charge in [0.2, 0.25) is 0 Å². The summed E-state index contributed by atoms with van der Waals surface area (Å²) in [7, 11) is 0. The van der Waals surface area contributed by atoms with Gasteiger partial charge in [-0.05, 0) is 12.5 Å². The first-order valence-corrected chi connectivity index (χ1v) is 6.30. The van der Waals surface area contributed by atoms with Gasteiger partial charge in [-0.1, -0.05) is 12.1 Å². The highest BCUT2D eigenvalue weighted by Crippen LogP contribution is 2.18. The highest BCUT2D eigenvalue weighted by Gasteiger charge is 2.25. The third-order valence-electron chi connectivity index (χ3n) is 3.35. The number of benzene rings is 1. The minimum absolute atomic E-state index is 0.00183. The van der Waals surface area contributed by atoms with E-state index in [1.54, 1.807) is 12.1 Å². The molecule has 1 heterocycles. The van der Waals surface area contributed by atoms with Gasteiger partial charge in [0.15, 0.2) is 0 Å². The van der Waals surface area contributed by atoms with Crippen LogP contribution in [0.4, 0.5) is 5.69 Å². The summed E-state index contributed by atoms with van der Waals surface area (Å²) in [6.07, 6.45) is -0.171. The summed E-state index contributed by atoms with van der Waals surface area (Å²) in [5.41, 5.74) is 1.01. The van der Waals surface area contributed by atoms with E-state index in [0.717, 1.165) is 5.56 Å². The quantitative estimate of drug-likeness (QED) is 0.654. The Hall–Kier alpha value is -1.50. The van der Waals surface area contributed by atoms with Crippen molar-refractivity contribution in [3.63, 3.8) is 0 Å². The number of non-ortho nitro benzene ring substituents is 1. The minimum atomic E-state index is -0.386. The molecule has 0 saturated carbocycles. The number of morpholine rings is 1. The first-order valence-electron chi connectivity index (χ1n) is 6.30. The van der Waals surface area contributed by atoms with Gasteiger partial charge < -0.3 is 9.84 Å². The Labute approximate surface area is 111 Å². The van der Waals surface area contributed by atoms with E-state index >= 15 is 0 Å². The summed E-state index contributed by atoms with van der Waals surface area (Å²) in [5.74, 6) is 0. The molecule has 1 aliphatic rings. The highest BCUT2D eigenvalue weighted by molar-refractivity contribution is 5.34. The molecule has 1 aromatic carbocycles. The lowest BCUT2D eigenvalue weighted by Crippen LogP contribution is -2.48. The number of nitrogens with zero attached hydrogens (tertiary/aromatic N) is 2. The van der Waals surface area contributed by atoms with Crippen molar-refractivity contribution in [2.75, 3.05) is 19.8 Å². The third kappa shape index (κ3) is 3.50. The predicted molar refractivity (Wildman–Crippen MR) is 69.8 cm³/mol. The van der Waals surface area contributed by atoms with Crippen LogP contribution >= 0.6 is 0 Å². The van der Waals surface area contributed by atoms with Crippen LogP contribution in [0.5, 0.6) is 0 Å². The predicted octanol–water partition coefficient (Wildman–Crippen LogP) is 1.18. The molecule has 2 unspecified atom stereocenters. The molecule has 6 heteroatoms. The molecule has 0 bridgehead atoms. The maximum atomic E-state index is 10.7. The van der Waals surface area contributed by atoms with Gasteiger partial charge in [0.1, 0.15) is 0 Å². The normalized spacial score (nSPS) is 24.3. The summed E-state index contributed by atoms with van der Waals surface area (Å²) in [6, 6.07) is 6.89. The van der Waals surface area contributed by atoms with Crippen LogP contribution in [0.15, 0.2) is 24.3 Å². The molecule has 2 rings (SSSR count). The van der Waals surface area contributed by atoms with Gasteiger partial charge in [-0.25, -0.2) is 0 Å². The third-order valence-corrected chi connectivity index (χ3v) is 3.35. The van der Waals surface area contributed by atoms with E-state index in [2.05, 4.69) is 4.90 Å². The summed E-state index contributed by atoms with van der Waals surface area (Å²) >= 11 is 0. The first kappa shape index (κ1) is 13.9. The van der Waals surface area contributed by atoms with Gasteiger partial charge >= 0.3 is 0 Å². The van der Waals surface area contributed by atoms with Crippen LogP contribution in [-0.4, -0.2) is 46.8 Å². The van der Waals surface area contributed by atoms with E-state index in [-0.39, 0.29) is 29.4 Å². The van der Waals surface area contributed by atoms with Crippen LogP contribution in [0.25, 0.3) is 0 Å². The molecule has 0 radical (unpaired) electrons. The van der Waals surface area contributed by atoms with E-state index in [4.69, 9.17) is 9.84 Å². The molecule has 19 heavy (non-hydrogen) atoms.